The normalized spacial score (nSPS) is 13.7. The first-order chi connectivity index (χ1) is 21.4. The summed E-state index contributed by atoms with van der Waals surface area (Å²) >= 11 is 1.87. The lowest BCUT2D eigenvalue weighted by atomic mass is 9.99. The van der Waals surface area contributed by atoms with Crippen molar-refractivity contribution in [3.05, 3.63) is 131 Å². The van der Waals surface area contributed by atoms with Gasteiger partial charge in [0.15, 0.2) is 0 Å². The first-order valence-corrected chi connectivity index (χ1v) is 17.8. The molecule has 0 aliphatic carbocycles. The molecule has 202 valence electrons. The number of hydrogen-bond acceptors (Lipinski definition) is 1. The molecule has 0 spiro atoms. The predicted molar refractivity (Wildman–Crippen MR) is 198 cm³/mol. The summed E-state index contributed by atoms with van der Waals surface area (Å²) in [5, 5.41) is 10.4. The minimum absolute atomic E-state index is 0.00790. The molecular weight excluding hydrogens is 655 g/mol. The number of nitrogens with zero attached hydrogens (tertiary/aromatic N) is 2. The highest BCUT2D eigenvalue weighted by Gasteiger charge is 2.24. The maximum atomic E-state index is 2.52. The van der Waals surface area contributed by atoms with E-state index in [9.17, 15) is 0 Å². The Hall–Kier alpha value is -4.52. The molecule has 0 amide bonds. The molecule has 4 heterocycles. The van der Waals surface area contributed by atoms with E-state index in [4.69, 9.17) is 0 Å². The van der Waals surface area contributed by atoms with Gasteiger partial charge >= 0.3 is 0 Å². The van der Waals surface area contributed by atoms with Gasteiger partial charge in [0.2, 0.25) is 0 Å². The molecule has 2 nitrogen and oxygen atoms in total. The van der Waals surface area contributed by atoms with Gasteiger partial charge in [-0.3, -0.25) is 0 Å². The molecule has 0 saturated heterocycles. The Morgan fingerprint density at radius 3 is 1.79 bits per heavy atom. The average molecular weight is 679 g/mol. The van der Waals surface area contributed by atoms with Gasteiger partial charge in [-0.05, 0) is 56.6 Å². The highest BCUT2D eigenvalue weighted by Crippen LogP contribution is 2.47. The third-order valence-corrected chi connectivity index (χ3v) is 11.6. The van der Waals surface area contributed by atoms with Crippen molar-refractivity contribution in [2.24, 2.45) is 0 Å². The van der Waals surface area contributed by atoms with Crippen LogP contribution < -0.4 is 0 Å². The topological polar surface area (TPSA) is 9.86 Å². The van der Waals surface area contributed by atoms with Crippen LogP contribution in [0.1, 0.15) is 0 Å². The van der Waals surface area contributed by atoms with Crippen molar-refractivity contribution >= 4 is 116 Å². The molecule has 0 saturated carbocycles. The van der Waals surface area contributed by atoms with Crippen LogP contribution >= 0.6 is 32.1 Å². The lowest BCUT2D eigenvalue weighted by molar-refractivity contribution is 1.19. The molecule has 0 radical (unpaired) electrons. The molecule has 1 aliphatic rings. The van der Waals surface area contributed by atoms with Gasteiger partial charge in [0.05, 0.1) is 22.1 Å². The summed E-state index contributed by atoms with van der Waals surface area (Å²) in [6.45, 7) is 0. The maximum absolute atomic E-state index is 2.52. The SMILES string of the molecule is C1=CC(n2c3ccccc3c3c4c5ccccc5n(-c5ccc6sc7ccccc7c6c5)c4c4ccccc4c32)=CC=I1. The second kappa shape index (κ2) is 8.99. The quantitative estimate of drug-likeness (QED) is 0.161. The van der Waals surface area contributed by atoms with E-state index in [1.165, 1.54) is 85.9 Å². The largest absolute Gasteiger partial charge is 0.309 e. The Kier molecular flexibility index (Phi) is 5.01. The van der Waals surface area contributed by atoms with Gasteiger partial charge in [0.1, 0.15) is 0 Å². The van der Waals surface area contributed by atoms with E-state index in [2.05, 4.69) is 145 Å². The van der Waals surface area contributed by atoms with Crippen molar-refractivity contribution in [1.29, 1.82) is 0 Å². The molecule has 9 aromatic rings. The number of para-hydroxylation sites is 2. The lowest BCUT2D eigenvalue weighted by Gasteiger charge is -2.14. The zero-order valence-electron chi connectivity index (χ0n) is 23.0. The fourth-order valence-corrected chi connectivity index (χ4v) is 9.71. The van der Waals surface area contributed by atoms with Crippen LogP contribution in [0.15, 0.2) is 131 Å². The van der Waals surface area contributed by atoms with Gasteiger partial charge in [0.25, 0.3) is 0 Å². The van der Waals surface area contributed by atoms with E-state index in [0.717, 1.165) is 0 Å². The monoisotopic (exact) mass is 678 g/mol. The van der Waals surface area contributed by atoms with Crippen LogP contribution in [-0.2, 0) is 0 Å². The molecule has 0 fully saturated rings. The van der Waals surface area contributed by atoms with E-state index in [1.54, 1.807) is 0 Å². The molecule has 43 heavy (non-hydrogen) atoms. The molecule has 6 aromatic carbocycles. The summed E-state index contributed by atoms with van der Waals surface area (Å²) in [7, 11) is 0. The van der Waals surface area contributed by atoms with Gasteiger partial charge in [0, 0.05) is 63.9 Å². The van der Waals surface area contributed by atoms with Gasteiger partial charge in [-0.1, -0.05) is 99.6 Å². The summed E-state index contributed by atoms with van der Waals surface area (Å²) in [5.41, 5.74) is 7.49. The van der Waals surface area contributed by atoms with Crippen molar-refractivity contribution in [1.82, 2.24) is 9.13 Å². The number of aromatic nitrogens is 2. The molecule has 4 heteroatoms. The molecule has 0 atom stereocenters. The number of hydrogen-bond donors (Lipinski definition) is 0. The van der Waals surface area contributed by atoms with Crippen molar-refractivity contribution in [3.63, 3.8) is 0 Å². The van der Waals surface area contributed by atoms with Crippen LogP contribution in [0.2, 0.25) is 0 Å². The number of fused-ring (bicyclic) bond motifs is 13. The standard InChI is InChI=1S/C39H23IN2S/c1-2-11-28-27(10-1)38-36(29-12-3-6-14-32(29)41(38)24-19-21-40-22-20-24)37-30-13-4-7-15-33(30)42(39(28)37)25-17-18-35-31(23-25)26-9-5-8-16-34(26)43-35/h1-23H. The number of benzene rings is 6. The Morgan fingerprint density at radius 2 is 1.09 bits per heavy atom. The Morgan fingerprint density at radius 1 is 0.512 bits per heavy atom. The van der Waals surface area contributed by atoms with Crippen LogP contribution in [0, 0.1) is 0 Å². The Labute approximate surface area is 261 Å². The minimum Gasteiger partial charge on any atom is -0.309 e. The van der Waals surface area contributed by atoms with Gasteiger partial charge in [-0.2, -0.15) is 0 Å². The maximum Gasteiger partial charge on any atom is 0.0627 e. The zero-order valence-corrected chi connectivity index (χ0v) is 25.9. The first kappa shape index (κ1) is 24.0. The number of halogens is 1. The summed E-state index contributed by atoms with van der Waals surface area (Å²) in [6.07, 6.45) is 4.64. The summed E-state index contributed by atoms with van der Waals surface area (Å²) in [4.78, 5) is 0. The zero-order chi connectivity index (χ0) is 28.1. The van der Waals surface area contributed by atoms with Gasteiger partial charge in [-0.25, -0.2) is 0 Å². The Balaban J connectivity index is 1.46. The number of thiophene rings is 1. The van der Waals surface area contributed by atoms with Crippen LogP contribution in [0.4, 0.5) is 0 Å². The third kappa shape index (κ3) is 3.25. The van der Waals surface area contributed by atoms with Crippen molar-refractivity contribution in [2.45, 2.75) is 0 Å². The second-order valence-electron chi connectivity index (χ2n) is 11.1. The third-order valence-electron chi connectivity index (χ3n) is 8.93. The van der Waals surface area contributed by atoms with E-state index in [1.807, 2.05) is 11.3 Å². The number of rotatable bonds is 2. The van der Waals surface area contributed by atoms with E-state index < -0.39 is 0 Å². The van der Waals surface area contributed by atoms with Gasteiger partial charge in [-0.15, -0.1) is 11.3 Å². The van der Waals surface area contributed by atoms with Crippen molar-refractivity contribution in [2.75, 3.05) is 0 Å². The predicted octanol–water partition coefficient (Wildman–Crippen LogP) is 11.6. The van der Waals surface area contributed by atoms with Crippen LogP contribution in [0.3, 0.4) is 0 Å². The molecule has 0 N–H and O–H groups in total. The summed E-state index contributed by atoms with van der Waals surface area (Å²) in [5.74, 6) is 0. The molecule has 1 aliphatic heterocycles. The second-order valence-corrected chi connectivity index (χ2v) is 14.4. The van der Waals surface area contributed by atoms with Gasteiger partial charge < -0.3 is 9.13 Å². The molecule has 0 unspecified atom stereocenters. The molecule has 0 bridgehead atoms. The van der Waals surface area contributed by atoms with Crippen LogP contribution in [0.5, 0.6) is 0 Å². The van der Waals surface area contributed by atoms with E-state index in [0.29, 0.717) is 0 Å². The minimum atomic E-state index is -0.00790. The lowest BCUT2D eigenvalue weighted by Crippen LogP contribution is -1.98. The Bertz CT molecular complexity index is 2730. The fraction of sp³-hybridized carbons (Fsp3) is 0. The fourth-order valence-electron chi connectivity index (χ4n) is 7.23. The highest BCUT2D eigenvalue weighted by atomic mass is 127. The van der Waals surface area contributed by atoms with Crippen molar-refractivity contribution in [3.8, 4) is 5.69 Å². The average Bonchev–Trinajstić information content (AvgIpc) is 3.73. The van der Waals surface area contributed by atoms with E-state index in [-0.39, 0.29) is 20.7 Å². The smallest absolute Gasteiger partial charge is 0.0627 e. The molecular formula is C39H23IN2S. The summed E-state index contributed by atoms with van der Waals surface area (Å²) < 4.78 is 12.4. The van der Waals surface area contributed by atoms with E-state index >= 15 is 0 Å². The highest BCUT2D eigenvalue weighted by molar-refractivity contribution is 14.2. The van der Waals surface area contributed by atoms with Crippen LogP contribution in [-0.4, -0.2) is 13.1 Å². The summed E-state index contributed by atoms with van der Waals surface area (Å²) in [6, 6.07) is 42.7. The first-order valence-electron chi connectivity index (χ1n) is 14.5. The number of allylic oxidation sites excluding steroid dienone is 3. The molecule has 10 rings (SSSR count). The van der Waals surface area contributed by atoms with Crippen LogP contribution in [0.25, 0.3) is 85.9 Å². The molecule has 3 aromatic heterocycles. The van der Waals surface area contributed by atoms with Crippen molar-refractivity contribution < 1.29 is 0 Å².